The molecule has 41 heavy (non-hydrogen) atoms. The molecule has 2 aromatic carbocycles. The van der Waals surface area contributed by atoms with Crippen molar-refractivity contribution in [2.75, 3.05) is 13.1 Å². The molecule has 0 spiro atoms. The van der Waals surface area contributed by atoms with Crippen LogP contribution >= 0.6 is 34.8 Å². The predicted molar refractivity (Wildman–Crippen MR) is 121 cm³/mol. The maximum atomic E-state index is 13.5. The van der Waals surface area contributed by atoms with E-state index in [9.17, 15) is 63.1 Å². The Morgan fingerprint density at radius 1 is 0.561 bits per heavy atom. The molecule has 0 unspecified atom stereocenters. The summed E-state index contributed by atoms with van der Waals surface area (Å²) in [6, 6.07) is 0.677. The second-order valence-corrected chi connectivity index (χ2v) is 10.0. The first kappa shape index (κ1) is 31.1. The zero-order valence-electron chi connectivity index (χ0n) is 19.3. The Kier molecular flexibility index (Phi) is 7.27. The van der Waals surface area contributed by atoms with Crippen LogP contribution in [0.3, 0.4) is 0 Å². The third-order valence-corrected chi connectivity index (χ3v) is 7.54. The average Bonchev–Trinajstić information content (AvgIpc) is 2.81. The van der Waals surface area contributed by atoms with E-state index in [1.54, 1.807) is 0 Å². The van der Waals surface area contributed by atoms with Crippen LogP contribution in [-0.2, 0) is 0 Å². The lowest BCUT2D eigenvalue weighted by Crippen LogP contribution is -2.47. The van der Waals surface area contributed by atoms with Gasteiger partial charge >= 0.3 is 24.2 Å². The minimum atomic E-state index is -6.02. The van der Waals surface area contributed by atoms with Crippen molar-refractivity contribution >= 4 is 69.2 Å². The summed E-state index contributed by atoms with van der Waals surface area (Å²) in [4.78, 5) is 52.4. The molecule has 2 aromatic rings. The number of hydrogen-bond donors (Lipinski definition) is 0. The number of imide groups is 2. The molecule has 6 nitrogen and oxygen atoms in total. The van der Waals surface area contributed by atoms with Crippen molar-refractivity contribution < 1.29 is 63.1 Å². The highest BCUT2D eigenvalue weighted by Gasteiger charge is 2.58. The third-order valence-electron chi connectivity index (χ3n) is 6.39. The highest BCUT2D eigenvalue weighted by atomic mass is 35.5. The van der Waals surface area contributed by atoms with Gasteiger partial charge in [0.1, 0.15) is 0 Å². The molecule has 0 aromatic heterocycles. The van der Waals surface area contributed by atoms with E-state index in [-0.39, 0.29) is 9.80 Å². The van der Waals surface area contributed by atoms with Crippen molar-refractivity contribution in [2.24, 2.45) is 0 Å². The fourth-order valence-corrected chi connectivity index (χ4v) is 5.13. The molecule has 4 rings (SSSR count). The SMILES string of the molecule is O=C1c2cc(Cl)c3c4c(c(Cl)c(Cl)c(c24)C(=O)N1CCC(F)(F)C(F)(F)F)C(=O)N(CCC(F)(F)C(F)(F)F)C3=O. The van der Waals surface area contributed by atoms with E-state index in [2.05, 4.69) is 0 Å². The molecule has 4 amide bonds. The fourth-order valence-electron chi connectivity index (χ4n) is 4.31. The second-order valence-electron chi connectivity index (χ2n) is 8.84. The first-order chi connectivity index (χ1) is 18.5. The summed E-state index contributed by atoms with van der Waals surface area (Å²) < 4.78 is 130. The van der Waals surface area contributed by atoms with E-state index in [0.29, 0.717) is 6.07 Å². The lowest BCUT2D eigenvalue weighted by molar-refractivity contribution is -0.284. The molecule has 0 aliphatic carbocycles. The van der Waals surface area contributed by atoms with Gasteiger partial charge in [0.2, 0.25) is 0 Å². The zero-order chi connectivity index (χ0) is 31.2. The van der Waals surface area contributed by atoms with E-state index < -0.39 is 122 Å². The molecule has 0 bridgehead atoms. The molecule has 0 fully saturated rings. The summed E-state index contributed by atoms with van der Waals surface area (Å²) in [5.74, 6) is -16.7. The Labute approximate surface area is 235 Å². The molecule has 2 aliphatic rings. The molecule has 0 saturated heterocycles. The number of nitrogens with zero attached hydrogens (tertiary/aromatic N) is 2. The fraction of sp³-hybridized carbons (Fsp3) is 0.364. The molecule has 2 aliphatic heterocycles. The van der Waals surface area contributed by atoms with Crippen molar-refractivity contribution in [1.82, 2.24) is 9.80 Å². The summed E-state index contributed by atoms with van der Waals surface area (Å²) in [6.07, 6.45) is -16.1. The maximum Gasteiger partial charge on any atom is 0.453 e. The lowest BCUT2D eigenvalue weighted by Gasteiger charge is -2.34. The van der Waals surface area contributed by atoms with Gasteiger partial charge in [-0.05, 0) is 6.07 Å². The van der Waals surface area contributed by atoms with Crippen LogP contribution in [0.2, 0.25) is 15.1 Å². The molecular weight excluding hydrogens is 653 g/mol. The van der Waals surface area contributed by atoms with Gasteiger partial charge in [-0.3, -0.25) is 29.0 Å². The first-order valence-electron chi connectivity index (χ1n) is 10.8. The second kappa shape index (κ2) is 9.59. The molecule has 2 heterocycles. The Balaban J connectivity index is 1.86. The smallest absolute Gasteiger partial charge is 0.274 e. The van der Waals surface area contributed by atoms with E-state index in [1.165, 1.54) is 0 Å². The molecule has 19 heteroatoms. The number of hydrogen-bond acceptors (Lipinski definition) is 4. The number of carbonyl (C=O) groups is 4. The topological polar surface area (TPSA) is 74.8 Å². The number of amides is 4. The molecule has 222 valence electrons. The van der Waals surface area contributed by atoms with Gasteiger partial charge in [-0.1, -0.05) is 34.8 Å². The summed E-state index contributed by atoms with van der Waals surface area (Å²) in [5.41, 5.74) is -3.00. The number of carbonyl (C=O) groups excluding carboxylic acids is 4. The van der Waals surface area contributed by atoms with Crippen molar-refractivity contribution in [3.8, 4) is 0 Å². The third kappa shape index (κ3) is 4.67. The van der Waals surface area contributed by atoms with Crippen molar-refractivity contribution in [2.45, 2.75) is 37.0 Å². The standard InChI is InChI=1S/C22H9Cl3F10N2O4/c23-7-5-6-8-10-9(7)16(39)37(4-2-20(28,29)22(33,34)35)18(41)12(10)14(25)13(24)11(8)17(40)36(15(6)38)3-1-19(26,27)21(30,31)32/h5H,1-4H2. The van der Waals surface area contributed by atoms with Crippen molar-refractivity contribution in [3.05, 3.63) is 43.4 Å². The van der Waals surface area contributed by atoms with Gasteiger partial charge in [-0.2, -0.15) is 43.9 Å². The zero-order valence-corrected chi connectivity index (χ0v) is 21.6. The highest BCUT2D eigenvalue weighted by molar-refractivity contribution is 6.51. The van der Waals surface area contributed by atoms with Crippen molar-refractivity contribution in [3.63, 3.8) is 0 Å². The van der Waals surface area contributed by atoms with Crippen LogP contribution in [0.25, 0.3) is 10.8 Å². The van der Waals surface area contributed by atoms with Gasteiger partial charge in [-0.15, -0.1) is 0 Å². The molecular formula is C22H9Cl3F10N2O4. The van der Waals surface area contributed by atoms with Gasteiger partial charge in [0.05, 0.1) is 37.3 Å². The van der Waals surface area contributed by atoms with Crippen LogP contribution in [0, 0.1) is 0 Å². The highest BCUT2D eigenvalue weighted by Crippen LogP contribution is 2.48. The quantitative estimate of drug-likeness (QED) is 0.243. The van der Waals surface area contributed by atoms with Gasteiger partial charge < -0.3 is 0 Å². The lowest BCUT2D eigenvalue weighted by atomic mass is 9.85. The van der Waals surface area contributed by atoms with Gasteiger partial charge in [0.15, 0.2) is 0 Å². The maximum absolute atomic E-state index is 13.5. The van der Waals surface area contributed by atoms with Crippen LogP contribution in [0.4, 0.5) is 43.9 Å². The minimum absolute atomic E-state index is 0.00439. The Hall–Kier alpha value is -2.85. The number of alkyl halides is 10. The van der Waals surface area contributed by atoms with E-state index in [0.717, 1.165) is 0 Å². The normalized spacial score (nSPS) is 16.4. The molecule has 0 N–H and O–H groups in total. The monoisotopic (exact) mass is 660 g/mol. The van der Waals surface area contributed by atoms with Crippen LogP contribution in [0.1, 0.15) is 54.3 Å². The Bertz CT molecular complexity index is 1560. The van der Waals surface area contributed by atoms with E-state index in [4.69, 9.17) is 34.8 Å². The number of halogens is 13. The Morgan fingerprint density at radius 3 is 1.34 bits per heavy atom. The van der Waals surface area contributed by atoms with Gasteiger partial charge in [-0.25, -0.2) is 0 Å². The summed E-state index contributed by atoms with van der Waals surface area (Å²) >= 11 is 18.4. The largest absolute Gasteiger partial charge is 0.453 e. The van der Waals surface area contributed by atoms with Crippen LogP contribution < -0.4 is 0 Å². The summed E-state index contributed by atoms with van der Waals surface area (Å²) in [7, 11) is 0. The van der Waals surface area contributed by atoms with Gasteiger partial charge in [0.25, 0.3) is 23.6 Å². The average molecular weight is 662 g/mol. The Morgan fingerprint density at radius 2 is 0.927 bits per heavy atom. The minimum Gasteiger partial charge on any atom is -0.274 e. The first-order valence-corrected chi connectivity index (χ1v) is 12.0. The predicted octanol–water partition coefficient (Wildman–Crippen LogP) is 7.17. The van der Waals surface area contributed by atoms with E-state index >= 15 is 0 Å². The van der Waals surface area contributed by atoms with E-state index in [1.807, 2.05) is 0 Å². The molecule has 0 atom stereocenters. The summed E-state index contributed by atoms with van der Waals surface area (Å²) in [5, 5.41) is -3.63. The molecule has 0 saturated carbocycles. The van der Waals surface area contributed by atoms with Crippen LogP contribution in [-0.4, -0.2) is 70.7 Å². The summed E-state index contributed by atoms with van der Waals surface area (Å²) in [6.45, 7) is -2.96. The van der Waals surface area contributed by atoms with Crippen LogP contribution in [0.5, 0.6) is 0 Å². The van der Waals surface area contributed by atoms with Crippen LogP contribution in [0.15, 0.2) is 6.07 Å². The van der Waals surface area contributed by atoms with Crippen molar-refractivity contribution in [1.29, 1.82) is 0 Å². The number of rotatable bonds is 6. The molecule has 0 radical (unpaired) electrons. The number of benzene rings is 2. The van der Waals surface area contributed by atoms with Gasteiger partial charge in [0, 0.05) is 36.7 Å².